The lowest BCUT2D eigenvalue weighted by Gasteiger charge is -2.30. The fourth-order valence-corrected chi connectivity index (χ4v) is 4.42. The number of piperidine rings is 1. The van der Waals surface area contributed by atoms with Crippen molar-refractivity contribution >= 4 is 10.2 Å². The van der Waals surface area contributed by atoms with Crippen LogP contribution in [0.1, 0.15) is 25.3 Å². The maximum Gasteiger partial charge on any atom is 0.279 e. The van der Waals surface area contributed by atoms with Crippen molar-refractivity contribution in [1.82, 2.24) is 9.03 Å². The van der Waals surface area contributed by atoms with E-state index in [1.807, 2.05) is 24.3 Å². The Morgan fingerprint density at radius 3 is 2.95 bits per heavy atom. The van der Waals surface area contributed by atoms with Crippen LogP contribution in [0.15, 0.2) is 24.3 Å². The normalized spacial score (nSPS) is 26.3. The van der Waals surface area contributed by atoms with E-state index in [-0.39, 0.29) is 6.10 Å². The van der Waals surface area contributed by atoms with Gasteiger partial charge in [0.2, 0.25) is 0 Å². The van der Waals surface area contributed by atoms with Crippen LogP contribution in [0.3, 0.4) is 0 Å². The van der Waals surface area contributed by atoms with Gasteiger partial charge in [0.05, 0.1) is 0 Å². The lowest BCUT2D eigenvalue weighted by Crippen LogP contribution is -2.47. The average Bonchev–Trinajstić information content (AvgIpc) is 2.88. The van der Waals surface area contributed by atoms with E-state index in [0.717, 1.165) is 30.6 Å². The van der Waals surface area contributed by atoms with Crippen LogP contribution >= 0.6 is 0 Å². The summed E-state index contributed by atoms with van der Waals surface area (Å²) in [5.41, 5.74) is 1.15. The molecule has 21 heavy (non-hydrogen) atoms. The third kappa shape index (κ3) is 3.39. The maximum atomic E-state index is 12.3. The molecule has 0 amide bonds. The van der Waals surface area contributed by atoms with Crippen LogP contribution in [0.5, 0.6) is 5.75 Å². The van der Waals surface area contributed by atoms with E-state index < -0.39 is 10.2 Å². The molecule has 116 valence electrons. The van der Waals surface area contributed by atoms with Crippen LogP contribution in [0.2, 0.25) is 0 Å². The molecular formula is C15H22N2O3S. The minimum Gasteiger partial charge on any atom is -0.488 e. The molecule has 0 bridgehead atoms. The first-order valence-electron chi connectivity index (χ1n) is 7.54. The smallest absolute Gasteiger partial charge is 0.279 e. The summed E-state index contributed by atoms with van der Waals surface area (Å²) in [4.78, 5) is 0. The van der Waals surface area contributed by atoms with Crippen molar-refractivity contribution in [2.75, 3.05) is 19.6 Å². The Bertz CT molecular complexity index is 578. The molecular weight excluding hydrogens is 288 g/mol. The molecule has 2 aliphatic heterocycles. The summed E-state index contributed by atoms with van der Waals surface area (Å²) in [6.45, 7) is 3.65. The zero-order chi connectivity index (χ0) is 14.9. The molecule has 2 aliphatic rings. The molecule has 1 N–H and O–H groups in total. The van der Waals surface area contributed by atoms with Crippen LogP contribution in [0.4, 0.5) is 0 Å². The van der Waals surface area contributed by atoms with Gasteiger partial charge in [-0.1, -0.05) is 25.1 Å². The molecule has 0 aliphatic carbocycles. The number of ether oxygens (including phenoxy) is 1. The maximum absolute atomic E-state index is 12.3. The van der Waals surface area contributed by atoms with Gasteiger partial charge in [0.1, 0.15) is 11.9 Å². The number of rotatable bonds is 4. The number of benzene rings is 1. The van der Waals surface area contributed by atoms with E-state index in [4.69, 9.17) is 4.74 Å². The van der Waals surface area contributed by atoms with Crippen LogP contribution < -0.4 is 9.46 Å². The van der Waals surface area contributed by atoms with Crippen molar-refractivity contribution in [2.45, 2.75) is 32.3 Å². The Labute approximate surface area is 126 Å². The first-order valence-corrected chi connectivity index (χ1v) is 8.98. The molecule has 0 radical (unpaired) electrons. The highest BCUT2D eigenvalue weighted by molar-refractivity contribution is 7.87. The van der Waals surface area contributed by atoms with Crippen LogP contribution in [0, 0.1) is 5.92 Å². The number of para-hydroxylation sites is 1. The van der Waals surface area contributed by atoms with Crippen molar-refractivity contribution in [3.63, 3.8) is 0 Å². The molecule has 0 spiro atoms. The summed E-state index contributed by atoms with van der Waals surface area (Å²) < 4.78 is 34.7. The van der Waals surface area contributed by atoms with Crippen molar-refractivity contribution in [2.24, 2.45) is 5.92 Å². The highest BCUT2D eigenvalue weighted by Crippen LogP contribution is 2.28. The van der Waals surface area contributed by atoms with Gasteiger partial charge in [0, 0.05) is 26.1 Å². The van der Waals surface area contributed by atoms with Gasteiger partial charge in [0.25, 0.3) is 10.2 Å². The first kappa shape index (κ1) is 14.8. The molecule has 0 aromatic heterocycles. The Kier molecular flexibility index (Phi) is 4.19. The minimum atomic E-state index is -3.39. The zero-order valence-electron chi connectivity index (χ0n) is 12.3. The molecule has 0 saturated carbocycles. The van der Waals surface area contributed by atoms with Gasteiger partial charge in [-0.2, -0.15) is 17.4 Å². The van der Waals surface area contributed by atoms with Gasteiger partial charge in [-0.05, 0) is 30.4 Å². The van der Waals surface area contributed by atoms with Crippen LogP contribution in [-0.2, 0) is 16.6 Å². The largest absolute Gasteiger partial charge is 0.488 e. The van der Waals surface area contributed by atoms with Gasteiger partial charge in [-0.25, -0.2) is 0 Å². The molecule has 2 atom stereocenters. The van der Waals surface area contributed by atoms with Gasteiger partial charge in [0.15, 0.2) is 0 Å². The fraction of sp³-hybridized carbons (Fsp3) is 0.600. The summed E-state index contributed by atoms with van der Waals surface area (Å²) in [7, 11) is -3.39. The molecule has 6 heteroatoms. The molecule has 1 saturated heterocycles. The van der Waals surface area contributed by atoms with Crippen molar-refractivity contribution in [1.29, 1.82) is 0 Å². The second kappa shape index (κ2) is 5.94. The number of hydrogen-bond acceptors (Lipinski definition) is 3. The number of nitrogens with zero attached hydrogens (tertiary/aromatic N) is 1. The summed E-state index contributed by atoms with van der Waals surface area (Å²) in [5, 5.41) is 0. The SMILES string of the molecule is C[C@H]1CCCN(S(=O)(=O)NC[C@@H]2Cc3ccccc3O2)C1. The van der Waals surface area contributed by atoms with Gasteiger partial charge < -0.3 is 4.74 Å². The van der Waals surface area contributed by atoms with Gasteiger partial charge in [-0.15, -0.1) is 0 Å². The van der Waals surface area contributed by atoms with Gasteiger partial charge in [-0.3, -0.25) is 0 Å². The fourth-order valence-electron chi connectivity index (χ4n) is 3.02. The molecule has 2 heterocycles. The summed E-state index contributed by atoms with van der Waals surface area (Å²) in [6.07, 6.45) is 2.69. The lowest BCUT2D eigenvalue weighted by atomic mass is 10.0. The number of fused-ring (bicyclic) bond motifs is 1. The minimum absolute atomic E-state index is 0.112. The van der Waals surface area contributed by atoms with Gasteiger partial charge >= 0.3 is 0 Å². The van der Waals surface area contributed by atoms with Crippen LogP contribution in [0.25, 0.3) is 0 Å². The highest BCUT2D eigenvalue weighted by Gasteiger charge is 2.29. The highest BCUT2D eigenvalue weighted by atomic mass is 32.2. The van der Waals surface area contributed by atoms with Crippen LogP contribution in [-0.4, -0.2) is 38.5 Å². The summed E-state index contributed by atoms with van der Waals surface area (Å²) in [5.74, 6) is 1.30. The molecule has 3 rings (SSSR count). The van der Waals surface area contributed by atoms with Crippen molar-refractivity contribution in [3.8, 4) is 5.75 Å². The average molecular weight is 310 g/mol. The number of hydrogen-bond donors (Lipinski definition) is 1. The third-order valence-electron chi connectivity index (χ3n) is 4.17. The van der Waals surface area contributed by atoms with E-state index in [1.165, 1.54) is 0 Å². The van der Waals surface area contributed by atoms with E-state index in [2.05, 4.69) is 11.6 Å². The quantitative estimate of drug-likeness (QED) is 0.918. The van der Waals surface area contributed by atoms with Crippen molar-refractivity contribution < 1.29 is 13.2 Å². The Balaban J connectivity index is 1.56. The molecule has 5 nitrogen and oxygen atoms in total. The predicted octanol–water partition coefficient (Wildman–Crippen LogP) is 1.56. The Hall–Kier alpha value is -1.11. The number of nitrogens with one attached hydrogen (secondary N) is 1. The Morgan fingerprint density at radius 1 is 1.38 bits per heavy atom. The molecule has 1 fully saturated rings. The van der Waals surface area contributed by atoms with E-state index in [1.54, 1.807) is 4.31 Å². The predicted molar refractivity (Wildman–Crippen MR) is 81.5 cm³/mol. The van der Waals surface area contributed by atoms with Crippen molar-refractivity contribution in [3.05, 3.63) is 29.8 Å². The zero-order valence-corrected chi connectivity index (χ0v) is 13.1. The molecule has 0 unspecified atom stereocenters. The topological polar surface area (TPSA) is 58.6 Å². The lowest BCUT2D eigenvalue weighted by molar-refractivity contribution is 0.231. The second-order valence-corrected chi connectivity index (χ2v) is 7.77. The summed E-state index contributed by atoms with van der Waals surface area (Å²) >= 11 is 0. The van der Waals surface area contributed by atoms with E-state index >= 15 is 0 Å². The third-order valence-corrected chi connectivity index (χ3v) is 5.71. The van der Waals surface area contributed by atoms with E-state index in [0.29, 0.717) is 25.6 Å². The first-order chi connectivity index (χ1) is 10.0. The second-order valence-electron chi connectivity index (χ2n) is 6.01. The molecule has 1 aromatic carbocycles. The molecule has 1 aromatic rings. The Morgan fingerprint density at radius 2 is 2.19 bits per heavy atom. The summed E-state index contributed by atoms with van der Waals surface area (Å²) in [6, 6.07) is 7.86. The standard InChI is InChI=1S/C15H22N2O3S/c1-12-5-4-8-17(11-12)21(18,19)16-10-14-9-13-6-2-3-7-15(13)20-14/h2-3,6-7,12,14,16H,4-5,8-11H2,1H3/t12-,14-/m0/s1. The monoisotopic (exact) mass is 310 g/mol. The van der Waals surface area contributed by atoms with E-state index in [9.17, 15) is 8.42 Å².